The summed E-state index contributed by atoms with van der Waals surface area (Å²) < 4.78 is 16.3. The molecule has 0 bridgehead atoms. The highest BCUT2D eigenvalue weighted by Crippen LogP contribution is 2.35. The van der Waals surface area contributed by atoms with Crippen molar-refractivity contribution in [2.24, 2.45) is 13.0 Å². The van der Waals surface area contributed by atoms with E-state index in [0.29, 0.717) is 22.4 Å². The Bertz CT molecular complexity index is 1280. The van der Waals surface area contributed by atoms with Crippen molar-refractivity contribution in [3.63, 3.8) is 0 Å². The molecule has 1 aromatic heterocycles. The number of nitrogens with zero attached hydrogens (tertiary/aromatic N) is 3. The fraction of sp³-hybridized carbons (Fsp3) is 0.414. The second kappa shape index (κ2) is 11.0. The second-order valence-corrected chi connectivity index (χ2v) is 9.55. The molecule has 6 heteroatoms. The number of hydrogen-bond donors (Lipinski definition) is 1. The van der Waals surface area contributed by atoms with Gasteiger partial charge in [0.2, 0.25) is 0 Å². The molecule has 1 heterocycles. The van der Waals surface area contributed by atoms with Gasteiger partial charge in [0.25, 0.3) is 5.56 Å². The van der Waals surface area contributed by atoms with Gasteiger partial charge in [0, 0.05) is 18.5 Å². The number of halogens is 1. The molecule has 1 fully saturated rings. The Balaban J connectivity index is 1.87. The zero-order valence-electron chi connectivity index (χ0n) is 20.4. The molecule has 5 nitrogen and oxygen atoms in total. The van der Waals surface area contributed by atoms with E-state index < -0.39 is 5.82 Å². The maximum absolute atomic E-state index is 14.6. The van der Waals surface area contributed by atoms with Gasteiger partial charge in [0.1, 0.15) is 17.7 Å². The summed E-state index contributed by atoms with van der Waals surface area (Å²) >= 11 is 0. The second-order valence-electron chi connectivity index (χ2n) is 9.55. The van der Waals surface area contributed by atoms with Gasteiger partial charge in [0.15, 0.2) is 0 Å². The summed E-state index contributed by atoms with van der Waals surface area (Å²) in [6, 6.07) is 13.3. The highest BCUT2D eigenvalue weighted by molar-refractivity contribution is 5.80. The maximum Gasteiger partial charge on any atom is 0.261 e. The van der Waals surface area contributed by atoms with E-state index in [9.17, 15) is 14.3 Å². The molecule has 35 heavy (non-hydrogen) atoms. The Morgan fingerprint density at radius 1 is 1.09 bits per heavy atom. The minimum Gasteiger partial charge on any atom is -0.392 e. The molecule has 0 aliphatic heterocycles. The first-order valence-electron chi connectivity index (χ1n) is 12.5. The first-order chi connectivity index (χ1) is 17.0. The molecule has 0 amide bonds. The van der Waals surface area contributed by atoms with Gasteiger partial charge in [-0.25, -0.2) is 9.37 Å². The molecule has 2 aromatic carbocycles. The van der Waals surface area contributed by atoms with Crippen molar-refractivity contribution < 1.29 is 9.50 Å². The molecular formula is C29H32FN3O2. The van der Waals surface area contributed by atoms with Crippen molar-refractivity contribution in [1.29, 1.82) is 5.26 Å². The van der Waals surface area contributed by atoms with Gasteiger partial charge in [-0.1, -0.05) is 69.4 Å². The maximum atomic E-state index is 14.6. The van der Waals surface area contributed by atoms with Crippen LogP contribution in [0.3, 0.4) is 0 Å². The van der Waals surface area contributed by atoms with Crippen LogP contribution in [0.4, 0.5) is 4.39 Å². The standard InChI is InChI=1S/C29H32FN3O2/c1-3-19-6-4-8-22(9-5-7-19)28-32-27(23-14-15-24(17-31)25(30)16-23)26(29(35)33(28)2)21-12-10-20(18-34)11-13-21/h10-16,19,22,34H,3-9,18H2,1-2H3. The zero-order chi connectivity index (χ0) is 24.9. The Morgan fingerprint density at radius 3 is 2.31 bits per heavy atom. The minimum absolute atomic E-state index is 0.0443. The van der Waals surface area contributed by atoms with E-state index >= 15 is 0 Å². The number of aliphatic hydroxyl groups excluding tert-OH is 1. The summed E-state index contributed by atoms with van der Waals surface area (Å²) in [5.41, 5.74) is 2.46. The predicted octanol–water partition coefficient (Wildman–Crippen LogP) is 6.08. The molecule has 1 aliphatic rings. The number of aromatic nitrogens is 2. The van der Waals surface area contributed by atoms with E-state index in [1.807, 2.05) is 6.07 Å². The molecule has 3 aromatic rings. The normalized spacial score (nSPS) is 18.5. The monoisotopic (exact) mass is 473 g/mol. The lowest BCUT2D eigenvalue weighted by Gasteiger charge is -2.26. The predicted molar refractivity (Wildman–Crippen MR) is 135 cm³/mol. The van der Waals surface area contributed by atoms with E-state index in [-0.39, 0.29) is 23.6 Å². The Kier molecular flexibility index (Phi) is 7.77. The van der Waals surface area contributed by atoms with E-state index in [1.54, 1.807) is 41.9 Å². The molecule has 0 atom stereocenters. The lowest BCUT2D eigenvalue weighted by molar-refractivity contribution is 0.282. The first-order valence-corrected chi connectivity index (χ1v) is 12.5. The van der Waals surface area contributed by atoms with Crippen LogP contribution in [0, 0.1) is 23.1 Å². The van der Waals surface area contributed by atoms with Crippen molar-refractivity contribution in [2.45, 2.75) is 64.4 Å². The summed E-state index contributed by atoms with van der Waals surface area (Å²) in [5.74, 6) is 1.04. The van der Waals surface area contributed by atoms with Crippen molar-refractivity contribution in [3.05, 3.63) is 75.6 Å². The third-order valence-corrected chi connectivity index (χ3v) is 7.39. The van der Waals surface area contributed by atoms with Crippen LogP contribution < -0.4 is 5.56 Å². The molecule has 4 rings (SSSR count). The SMILES string of the molecule is CCC1CCCC(c2nc(-c3ccc(C#N)c(F)c3)c(-c3ccc(CO)cc3)c(=O)n2C)CCC1. The minimum atomic E-state index is -0.632. The van der Waals surface area contributed by atoms with Crippen LogP contribution in [-0.2, 0) is 13.7 Å². The number of nitriles is 1. The number of benzene rings is 2. The van der Waals surface area contributed by atoms with Crippen molar-refractivity contribution in [2.75, 3.05) is 0 Å². The fourth-order valence-corrected chi connectivity index (χ4v) is 5.24. The third kappa shape index (κ3) is 5.21. The highest BCUT2D eigenvalue weighted by Gasteiger charge is 2.25. The van der Waals surface area contributed by atoms with Crippen LogP contribution in [0.1, 0.15) is 74.7 Å². The van der Waals surface area contributed by atoms with E-state index in [4.69, 9.17) is 10.2 Å². The van der Waals surface area contributed by atoms with Gasteiger partial charge in [-0.2, -0.15) is 5.26 Å². The van der Waals surface area contributed by atoms with Gasteiger partial charge in [-0.15, -0.1) is 0 Å². The van der Waals surface area contributed by atoms with Gasteiger partial charge in [-0.05, 0) is 42.0 Å². The smallest absolute Gasteiger partial charge is 0.261 e. The van der Waals surface area contributed by atoms with E-state index in [1.165, 1.54) is 31.4 Å². The average Bonchev–Trinajstić information content (AvgIpc) is 2.86. The third-order valence-electron chi connectivity index (χ3n) is 7.39. The van der Waals surface area contributed by atoms with Crippen LogP contribution in [0.2, 0.25) is 0 Å². The number of aliphatic hydroxyl groups is 1. The van der Waals surface area contributed by atoms with E-state index in [2.05, 4.69) is 6.92 Å². The number of rotatable bonds is 5. The summed E-state index contributed by atoms with van der Waals surface area (Å²) in [6.45, 7) is 2.16. The number of hydrogen-bond acceptors (Lipinski definition) is 4. The molecule has 0 saturated heterocycles. The quantitative estimate of drug-likeness (QED) is 0.487. The van der Waals surface area contributed by atoms with Gasteiger partial charge < -0.3 is 5.11 Å². The summed E-state index contributed by atoms with van der Waals surface area (Å²) in [7, 11) is 1.77. The van der Waals surface area contributed by atoms with Gasteiger partial charge in [-0.3, -0.25) is 9.36 Å². The molecule has 0 radical (unpaired) electrons. The zero-order valence-corrected chi connectivity index (χ0v) is 20.4. The topological polar surface area (TPSA) is 78.9 Å². The Morgan fingerprint density at radius 2 is 1.74 bits per heavy atom. The highest BCUT2D eigenvalue weighted by atomic mass is 19.1. The Labute approximate surface area is 205 Å². The first kappa shape index (κ1) is 24.8. The molecule has 1 aliphatic carbocycles. The van der Waals surface area contributed by atoms with Crippen molar-refractivity contribution >= 4 is 0 Å². The average molecular weight is 474 g/mol. The fourth-order valence-electron chi connectivity index (χ4n) is 5.24. The van der Waals surface area contributed by atoms with Crippen molar-refractivity contribution in [3.8, 4) is 28.5 Å². The molecular weight excluding hydrogens is 441 g/mol. The Hall–Kier alpha value is -3.30. The lowest BCUT2D eigenvalue weighted by atomic mass is 9.84. The summed E-state index contributed by atoms with van der Waals surface area (Å²) in [4.78, 5) is 18.8. The largest absolute Gasteiger partial charge is 0.392 e. The molecule has 1 N–H and O–H groups in total. The van der Waals surface area contributed by atoms with Crippen LogP contribution in [0.15, 0.2) is 47.3 Å². The molecule has 1 saturated carbocycles. The van der Waals surface area contributed by atoms with Crippen LogP contribution in [0.25, 0.3) is 22.4 Å². The molecule has 182 valence electrons. The van der Waals surface area contributed by atoms with Crippen LogP contribution in [0.5, 0.6) is 0 Å². The van der Waals surface area contributed by atoms with E-state index in [0.717, 1.165) is 43.0 Å². The summed E-state index contributed by atoms with van der Waals surface area (Å²) in [6.07, 6.45) is 7.76. The summed E-state index contributed by atoms with van der Waals surface area (Å²) in [5, 5.41) is 18.6. The molecule has 0 spiro atoms. The lowest BCUT2D eigenvalue weighted by Crippen LogP contribution is -2.27. The van der Waals surface area contributed by atoms with Gasteiger partial charge >= 0.3 is 0 Å². The molecule has 0 unspecified atom stereocenters. The van der Waals surface area contributed by atoms with Gasteiger partial charge in [0.05, 0.1) is 23.4 Å². The van der Waals surface area contributed by atoms with Crippen molar-refractivity contribution in [1.82, 2.24) is 9.55 Å². The van der Waals surface area contributed by atoms with Crippen LogP contribution in [-0.4, -0.2) is 14.7 Å². The van der Waals surface area contributed by atoms with Crippen LogP contribution >= 0.6 is 0 Å².